The Bertz CT molecular complexity index is 3000. The summed E-state index contributed by atoms with van der Waals surface area (Å²) in [6.45, 7) is 0. The minimum absolute atomic E-state index is 0.0689. The molecule has 43 heavy (non-hydrogen) atoms. The molecule has 0 bridgehead atoms. The van der Waals surface area contributed by atoms with E-state index in [0.29, 0.717) is 21.9 Å². The van der Waals surface area contributed by atoms with E-state index in [1.54, 1.807) is 11.3 Å². The Morgan fingerprint density at radius 1 is 0.558 bits per heavy atom. The van der Waals surface area contributed by atoms with Gasteiger partial charge in [0.15, 0.2) is 0 Å². The largest absolute Gasteiger partial charge is 0.276 e. The molecule has 5 heteroatoms. The SMILES string of the molecule is [2H]c1c([2H])c([2H])c(-c2nc(-n3c4ccccc4c4c5ccccc5c5c6ccccc6sc5c43)nc3c2sc2ccccc23)c([2H])c1[2H]. The highest BCUT2D eigenvalue weighted by molar-refractivity contribution is 7.27. The van der Waals surface area contributed by atoms with Crippen molar-refractivity contribution in [3.63, 3.8) is 0 Å². The van der Waals surface area contributed by atoms with E-state index in [1.807, 2.05) is 36.4 Å². The van der Waals surface area contributed by atoms with Crippen LogP contribution < -0.4 is 0 Å². The number of benzene rings is 6. The highest BCUT2D eigenvalue weighted by Gasteiger charge is 2.24. The maximum Gasteiger partial charge on any atom is 0.235 e. The van der Waals surface area contributed by atoms with Crippen molar-refractivity contribution in [2.24, 2.45) is 0 Å². The van der Waals surface area contributed by atoms with Gasteiger partial charge in [0, 0.05) is 41.9 Å². The molecule has 0 saturated carbocycles. The van der Waals surface area contributed by atoms with Crippen molar-refractivity contribution in [1.82, 2.24) is 14.5 Å². The van der Waals surface area contributed by atoms with E-state index < -0.39 is 18.1 Å². The lowest BCUT2D eigenvalue weighted by molar-refractivity contribution is 1.02. The fourth-order valence-electron chi connectivity index (χ4n) is 6.55. The van der Waals surface area contributed by atoms with Crippen molar-refractivity contribution in [2.75, 3.05) is 0 Å². The zero-order chi connectivity index (χ0) is 32.4. The highest BCUT2D eigenvalue weighted by atomic mass is 32.1. The first kappa shape index (κ1) is 19.2. The molecule has 3 nitrogen and oxygen atoms in total. The number of rotatable bonds is 2. The van der Waals surface area contributed by atoms with Crippen molar-refractivity contribution in [1.29, 1.82) is 0 Å². The van der Waals surface area contributed by atoms with Gasteiger partial charge in [-0.3, -0.25) is 4.57 Å². The van der Waals surface area contributed by atoms with Crippen molar-refractivity contribution < 1.29 is 6.85 Å². The third-order valence-electron chi connectivity index (χ3n) is 8.30. The molecule has 0 N–H and O–H groups in total. The number of hydrogen-bond acceptors (Lipinski definition) is 4. The smallest absolute Gasteiger partial charge is 0.235 e. The van der Waals surface area contributed by atoms with Crippen LogP contribution in [0.15, 0.2) is 127 Å². The van der Waals surface area contributed by atoms with E-state index in [-0.39, 0.29) is 17.6 Å². The number of fused-ring (bicyclic) bond motifs is 13. The summed E-state index contributed by atoms with van der Waals surface area (Å²) < 4.78 is 49.1. The minimum atomic E-state index is -0.433. The van der Waals surface area contributed by atoms with Gasteiger partial charge in [-0.25, -0.2) is 9.97 Å². The van der Waals surface area contributed by atoms with Gasteiger partial charge in [-0.2, -0.15) is 0 Å². The Kier molecular flexibility index (Phi) is 3.88. The molecule has 4 heterocycles. The Morgan fingerprint density at radius 2 is 1.16 bits per heavy atom. The normalized spacial score (nSPS) is 13.8. The summed E-state index contributed by atoms with van der Waals surface area (Å²) in [6, 6.07) is 31.4. The van der Waals surface area contributed by atoms with Crippen LogP contribution in [0.3, 0.4) is 0 Å². The van der Waals surface area contributed by atoms with Crippen LogP contribution in [0.4, 0.5) is 0 Å². The first-order valence-corrected chi connectivity index (χ1v) is 15.6. The first-order valence-electron chi connectivity index (χ1n) is 16.4. The van der Waals surface area contributed by atoms with Crippen molar-refractivity contribution in [3.05, 3.63) is 127 Å². The summed E-state index contributed by atoms with van der Waals surface area (Å²) in [5.41, 5.74) is 2.99. The lowest BCUT2D eigenvalue weighted by atomic mass is 9.99. The molecule has 0 amide bonds. The lowest BCUT2D eigenvalue weighted by Crippen LogP contribution is -2.02. The van der Waals surface area contributed by atoms with E-state index in [0.717, 1.165) is 42.0 Å². The molecule has 0 atom stereocenters. The summed E-state index contributed by atoms with van der Waals surface area (Å²) in [4.78, 5) is 10.5. The van der Waals surface area contributed by atoms with E-state index in [2.05, 4.69) is 65.2 Å². The molecule has 4 aromatic heterocycles. The van der Waals surface area contributed by atoms with Crippen LogP contribution in [0.2, 0.25) is 0 Å². The van der Waals surface area contributed by atoms with Crippen LogP contribution in [0.5, 0.6) is 0 Å². The molecule has 0 aliphatic rings. The van der Waals surface area contributed by atoms with Crippen molar-refractivity contribution >= 4 is 95.7 Å². The second kappa shape index (κ2) is 8.71. The zero-order valence-electron chi connectivity index (χ0n) is 27.4. The summed E-state index contributed by atoms with van der Waals surface area (Å²) in [7, 11) is 0. The maximum absolute atomic E-state index is 8.92. The average molecular weight is 589 g/mol. The lowest BCUT2D eigenvalue weighted by Gasteiger charge is -2.11. The summed E-state index contributed by atoms with van der Waals surface area (Å²) in [5, 5.41) is 7.76. The molecule has 0 saturated heterocycles. The minimum Gasteiger partial charge on any atom is -0.276 e. The van der Waals surface area contributed by atoms with Gasteiger partial charge < -0.3 is 0 Å². The predicted molar refractivity (Wildman–Crippen MR) is 185 cm³/mol. The maximum atomic E-state index is 8.92. The fourth-order valence-corrected chi connectivity index (χ4v) is 8.95. The van der Waals surface area contributed by atoms with Crippen LogP contribution in [0.1, 0.15) is 6.85 Å². The van der Waals surface area contributed by atoms with Gasteiger partial charge in [0.1, 0.15) is 0 Å². The first-order chi connectivity index (χ1) is 23.4. The van der Waals surface area contributed by atoms with Crippen molar-refractivity contribution in [2.45, 2.75) is 0 Å². The quantitative estimate of drug-likeness (QED) is 0.201. The molecule has 10 rings (SSSR count). The molecule has 0 unspecified atom stereocenters. The van der Waals surface area contributed by atoms with Gasteiger partial charge in [0.05, 0.1) is 38.5 Å². The summed E-state index contributed by atoms with van der Waals surface area (Å²) in [6.07, 6.45) is 0. The molecule has 0 aliphatic heterocycles. The molecule has 200 valence electrons. The third kappa shape index (κ3) is 3.18. The monoisotopic (exact) mass is 588 g/mol. The van der Waals surface area contributed by atoms with Gasteiger partial charge in [-0.15, -0.1) is 22.7 Å². The van der Waals surface area contributed by atoms with Gasteiger partial charge in [0.2, 0.25) is 5.95 Å². The Hall–Kier alpha value is -5.10. The van der Waals surface area contributed by atoms with Gasteiger partial charge in [0.25, 0.3) is 0 Å². The van der Waals surface area contributed by atoms with Gasteiger partial charge in [-0.1, -0.05) is 109 Å². The van der Waals surface area contributed by atoms with Crippen LogP contribution in [0.25, 0.3) is 90.3 Å². The number of nitrogens with zero attached hydrogens (tertiary/aromatic N) is 3. The van der Waals surface area contributed by atoms with E-state index >= 15 is 0 Å². The highest BCUT2D eigenvalue weighted by Crippen LogP contribution is 2.48. The Morgan fingerprint density at radius 3 is 1.95 bits per heavy atom. The van der Waals surface area contributed by atoms with Crippen LogP contribution in [-0.4, -0.2) is 14.5 Å². The third-order valence-corrected chi connectivity index (χ3v) is 10.6. The molecule has 0 fully saturated rings. The summed E-state index contributed by atoms with van der Waals surface area (Å²) in [5.74, 6) is 0.383. The molecule has 0 spiro atoms. The number of para-hydroxylation sites is 1. The van der Waals surface area contributed by atoms with Gasteiger partial charge >= 0.3 is 0 Å². The van der Waals surface area contributed by atoms with E-state index in [9.17, 15) is 0 Å². The standard InChI is InChI=1S/C38H21N3S2/c1-2-12-22(13-3-1)33-37-34(27-18-8-11-21-30(27)43-37)40-38(39-33)41-28-19-9-6-16-25(28)31-23-14-4-5-15-24(23)32-26-17-7-10-20-29(26)42-36(32)35(31)41/h1-21H/i1D,2D,3D,12D,13D. The Labute approximate surface area is 260 Å². The fraction of sp³-hybridized carbons (Fsp3) is 0. The van der Waals surface area contributed by atoms with E-state index in [1.165, 1.54) is 32.2 Å². The molecule has 0 aliphatic carbocycles. The number of thiophene rings is 2. The molecule has 10 aromatic rings. The molecular formula is C38H21N3S2. The predicted octanol–water partition coefficient (Wildman–Crippen LogP) is 11.1. The van der Waals surface area contributed by atoms with Crippen LogP contribution in [-0.2, 0) is 0 Å². The molecule has 6 aromatic carbocycles. The summed E-state index contributed by atoms with van der Waals surface area (Å²) >= 11 is 3.21. The molecule has 0 radical (unpaired) electrons. The zero-order valence-corrected chi connectivity index (χ0v) is 24.0. The van der Waals surface area contributed by atoms with Gasteiger partial charge in [-0.05, 0) is 29.0 Å². The average Bonchev–Trinajstić information content (AvgIpc) is 3.80. The molecular weight excluding hydrogens is 563 g/mol. The topological polar surface area (TPSA) is 30.7 Å². The van der Waals surface area contributed by atoms with Crippen LogP contribution in [0, 0.1) is 0 Å². The Balaban J connectivity index is 1.46. The second-order valence-corrected chi connectivity index (χ2v) is 12.7. The second-order valence-electron chi connectivity index (χ2n) is 10.6. The number of hydrogen-bond donors (Lipinski definition) is 0. The van der Waals surface area contributed by atoms with E-state index in [4.69, 9.17) is 16.8 Å². The van der Waals surface area contributed by atoms with Crippen LogP contribution >= 0.6 is 22.7 Å². The number of aromatic nitrogens is 3. The van der Waals surface area contributed by atoms with Crippen molar-refractivity contribution in [3.8, 4) is 17.2 Å².